The van der Waals surface area contributed by atoms with Crippen molar-refractivity contribution in [2.45, 2.75) is 33.0 Å². The van der Waals surface area contributed by atoms with Crippen LogP contribution in [0.2, 0.25) is 0 Å². The van der Waals surface area contributed by atoms with Crippen LogP contribution in [-0.2, 0) is 13.2 Å². The summed E-state index contributed by atoms with van der Waals surface area (Å²) < 4.78 is 5.81. The number of aliphatic hydroxyl groups excluding tert-OH is 1. The van der Waals surface area contributed by atoms with Gasteiger partial charge in [0.2, 0.25) is 0 Å². The van der Waals surface area contributed by atoms with E-state index in [-0.39, 0.29) is 6.61 Å². The smallest absolute Gasteiger partial charge is 0.140 e. The summed E-state index contributed by atoms with van der Waals surface area (Å²) in [6.07, 6.45) is 0. The third-order valence-corrected chi connectivity index (χ3v) is 5.48. The zero-order valence-corrected chi connectivity index (χ0v) is 15.8. The first-order valence-corrected chi connectivity index (χ1v) is 9.72. The van der Waals surface area contributed by atoms with Crippen molar-refractivity contribution in [3.05, 3.63) is 45.9 Å². The van der Waals surface area contributed by atoms with Gasteiger partial charge in [-0.15, -0.1) is 11.3 Å². The van der Waals surface area contributed by atoms with Gasteiger partial charge in [-0.2, -0.15) is 0 Å². The van der Waals surface area contributed by atoms with Crippen LogP contribution in [0.1, 0.15) is 23.2 Å². The van der Waals surface area contributed by atoms with Gasteiger partial charge in [0.25, 0.3) is 0 Å². The molecule has 1 aliphatic heterocycles. The largest absolute Gasteiger partial charge is 0.486 e. The third kappa shape index (κ3) is 5.25. The molecule has 2 heterocycles. The number of rotatable bonds is 7. The van der Waals surface area contributed by atoms with E-state index in [0.29, 0.717) is 12.6 Å². The number of benzene rings is 1. The summed E-state index contributed by atoms with van der Waals surface area (Å²) in [5.74, 6) is 0.885. The summed E-state index contributed by atoms with van der Waals surface area (Å²) >= 11 is 1.66. The third-order valence-electron chi connectivity index (χ3n) is 4.60. The van der Waals surface area contributed by atoms with E-state index in [1.54, 1.807) is 11.3 Å². The van der Waals surface area contributed by atoms with Crippen LogP contribution in [-0.4, -0.2) is 58.7 Å². The molecule has 2 aromatic rings. The molecule has 1 aliphatic rings. The van der Waals surface area contributed by atoms with E-state index >= 15 is 0 Å². The Morgan fingerprint density at radius 2 is 2.08 bits per heavy atom. The number of β-amino-alcohol motifs (C(OH)–C–C–N with tert-alkyl or cyclic N) is 1. The predicted molar refractivity (Wildman–Crippen MR) is 101 cm³/mol. The number of hydrogen-bond acceptors (Lipinski definition) is 6. The molecule has 1 aromatic heterocycles. The van der Waals surface area contributed by atoms with E-state index in [1.165, 1.54) is 5.56 Å². The maximum atomic E-state index is 9.11. The minimum Gasteiger partial charge on any atom is -0.486 e. The van der Waals surface area contributed by atoms with Gasteiger partial charge in [0.15, 0.2) is 0 Å². The summed E-state index contributed by atoms with van der Waals surface area (Å²) in [4.78, 5) is 9.50. The molecule has 1 N–H and O–H groups in total. The molecular formula is C19H27N3O2S. The Balaban J connectivity index is 1.48. The normalized spacial score (nSPS) is 19.2. The first-order valence-electron chi connectivity index (χ1n) is 8.84. The molecule has 1 fully saturated rings. The van der Waals surface area contributed by atoms with Crippen molar-refractivity contribution in [2.75, 3.05) is 32.8 Å². The van der Waals surface area contributed by atoms with Gasteiger partial charge in [-0.3, -0.25) is 9.80 Å². The molecule has 1 atom stereocenters. The lowest BCUT2D eigenvalue weighted by Crippen LogP contribution is -2.52. The Bertz CT molecular complexity index is 659. The fraction of sp³-hybridized carbons (Fsp3) is 0.526. The van der Waals surface area contributed by atoms with Gasteiger partial charge < -0.3 is 9.84 Å². The van der Waals surface area contributed by atoms with Crippen LogP contribution in [0.5, 0.6) is 5.75 Å². The standard InChI is InChI=1S/C19H27N3O2S/c1-15-3-5-18(6-4-15)24-13-19-20-17(14-25-19)12-21-7-8-22(9-10-23)16(2)11-21/h3-6,14,16,23H,7-13H2,1-2H3. The van der Waals surface area contributed by atoms with Crippen LogP contribution >= 0.6 is 11.3 Å². The molecule has 1 unspecified atom stereocenters. The Kier molecular flexibility index (Phi) is 6.42. The SMILES string of the molecule is Cc1ccc(OCc2nc(CN3CCN(CCO)C(C)C3)cs2)cc1. The van der Waals surface area contributed by atoms with Gasteiger partial charge in [0.1, 0.15) is 17.4 Å². The summed E-state index contributed by atoms with van der Waals surface area (Å²) in [5.41, 5.74) is 2.35. The molecular weight excluding hydrogens is 334 g/mol. The summed E-state index contributed by atoms with van der Waals surface area (Å²) in [6, 6.07) is 8.58. The van der Waals surface area contributed by atoms with Crippen molar-refractivity contribution in [1.29, 1.82) is 0 Å². The zero-order chi connectivity index (χ0) is 17.6. The number of aryl methyl sites for hydroxylation is 1. The lowest BCUT2D eigenvalue weighted by molar-refractivity contribution is 0.0642. The number of nitrogens with zero attached hydrogens (tertiary/aromatic N) is 3. The minimum atomic E-state index is 0.237. The molecule has 5 nitrogen and oxygen atoms in total. The molecule has 6 heteroatoms. The zero-order valence-electron chi connectivity index (χ0n) is 15.0. The molecule has 0 radical (unpaired) electrons. The highest BCUT2D eigenvalue weighted by molar-refractivity contribution is 7.09. The number of aliphatic hydroxyl groups is 1. The first kappa shape index (κ1) is 18.3. The van der Waals surface area contributed by atoms with Crippen molar-refractivity contribution in [3.63, 3.8) is 0 Å². The van der Waals surface area contributed by atoms with Gasteiger partial charge in [0, 0.05) is 44.1 Å². The number of aromatic nitrogens is 1. The van der Waals surface area contributed by atoms with E-state index in [0.717, 1.165) is 49.2 Å². The lowest BCUT2D eigenvalue weighted by Gasteiger charge is -2.39. The van der Waals surface area contributed by atoms with E-state index in [9.17, 15) is 0 Å². The minimum absolute atomic E-state index is 0.237. The molecule has 1 saturated heterocycles. The molecule has 0 saturated carbocycles. The van der Waals surface area contributed by atoms with Crippen LogP contribution in [0.25, 0.3) is 0 Å². The van der Waals surface area contributed by atoms with Crippen molar-refractivity contribution in [3.8, 4) is 5.75 Å². The average molecular weight is 362 g/mol. The highest BCUT2D eigenvalue weighted by atomic mass is 32.1. The predicted octanol–water partition coefficient (Wildman–Crippen LogP) is 2.53. The van der Waals surface area contributed by atoms with Crippen molar-refractivity contribution in [1.82, 2.24) is 14.8 Å². The molecule has 0 aliphatic carbocycles. The van der Waals surface area contributed by atoms with Crippen LogP contribution in [0.4, 0.5) is 0 Å². The van der Waals surface area contributed by atoms with E-state index in [4.69, 9.17) is 14.8 Å². The second-order valence-corrected chi connectivity index (χ2v) is 7.62. The van der Waals surface area contributed by atoms with Crippen molar-refractivity contribution >= 4 is 11.3 Å². The van der Waals surface area contributed by atoms with Crippen LogP contribution in [0.15, 0.2) is 29.6 Å². The Hall–Kier alpha value is -1.47. The number of ether oxygens (including phenoxy) is 1. The van der Waals surface area contributed by atoms with E-state index in [2.05, 4.69) is 41.2 Å². The highest BCUT2D eigenvalue weighted by Gasteiger charge is 2.23. The summed E-state index contributed by atoms with van der Waals surface area (Å²) in [5, 5.41) is 12.3. The maximum absolute atomic E-state index is 9.11. The second kappa shape index (κ2) is 8.76. The topological polar surface area (TPSA) is 48.8 Å². The van der Waals surface area contributed by atoms with E-state index in [1.807, 2.05) is 12.1 Å². The number of piperazine rings is 1. The van der Waals surface area contributed by atoms with E-state index < -0.39 is 0 Å². The van der Waals surface area contributed by atoms with Crippen molar-refractivity contribution < 1.29 is 9.84 Å². The van der Waals surface area contributed by atoms with Crippen LogP contribution in [0, 0.1) is 6.92 Å². The molecule has 0 spiro atoms. The monoisotopic (exact) mass is 361 g/mol. The molecule has 1 aromatic carbocycles. The van der Waals surface area contributed by atoms with Crippen LogP contribution in [0.3, 0.4) is 0 Å². The number of hydrogen-bond donors (Lipinski definition) is 1. The molecule has 0 bridgehead atoms. The summed E-state index contributed by atoms with van der Waals surface area (Å²) in [6.45, 7) is 9.77. The fourth-order valence-corrected chi connectivity index (χ4v) is 3.87. The Morgan fingerprint density at radius 3 is 2.80 bits per heavy atom. The van der Waals surface area contributed by atoms with Gasteiger partial charge in [-0.1, -0.05) is 17.7 Å². The molecule has 0 amide bonds. The Morgan fingerprint density at radius 1 is 1.28 bits per heavy atom. The fourth-order valence-electron chi connectivity index (χ4n) is 3.17. The van der Waals surface area contributed by atoms with Crippen LogP contribution < -0.4 is 4.74 Å². The number of thiazole rings is 1. The summed E-state index contributed by atoms with van der Waals surface area (Å²) in [7, 11) is 0. The molecule has 25 heavy (non-hydrogen) atoms. The molecule has 3 rings (SSSR count). The van der Waals surface area contributed by atoms with Gasteiger partial charge in [-0.05, 0) is 26.0 Å². The quantitative estimate of drug-likeness (QED) is 0.821. The van der Waals surface area contributed by atoms with Crippen molar-refractivity contribution in [2.24, 2.45) is 0 Å². The average Bonchev–Trinajstić information content (AvgIpc) is 3.04. The van der Waals surface area contributed by atoms with Gasteiger partial charge >= 0.3 is 0 Å². The van der Waals surface area contributed by atoms with Gasteiger partial charge in [0.05, 0.1) is 12.3 Å². The van der Waals surface area contributed by atoms with Gasteiger partial charge in [-0.25, -0.2) is 4.98 Å². The highest BCUT2D eigenvalue weighted by Crippen LogP contribution is 2.18. The second-order valence-electron chi connectivity index (χ2n) is 6.68. The molecule has 136 valence electrons. The Labute approximate surface area is 153 Å². The lowest BCUT2D eigenvalue weighted by atomic mass is 10.2. The maximum Gasteiger partial charge on any atom is 0.140 e. The first-order chi connectivity index (χ1) is 12.1.